The fourth-order valence-corrected chi connectivity index (χ4v) is 7.99. The molecule has 2 heterocycles. The number of carbonyl (C=O) groups excluding carboxylic acids is 4. The molecule has 15 heteroatoms. The van der Waals surface area contributed by atoms with Crippen molar-refractivity contribution in [1.29, 1.82) is 0 Å². The Hall–Kier alpha value is -5.84. The second kappa shape index (κ2) is 24.7. The summed E-state index contributed by atoms with van der Waals surface area (Å²) >= 11 is 1.41. The number of oxazole rings is 1. The standard InChI is InChI=1S/C48H55N5O9S/c54-41(19-11-1-3-13-21-43(56)52-58)49-37-27-23-33(24-28-37)39-31-40(34-25-29-38(30-26-34)50-42(55)20-12-2-4-14-22-44(57)53-59)61-45(60-39)32-63-48-51-46(35-15-7-5-8-16-35)47(62-48)36-17-9-6-10-18-36/h5-10,15-18,23-30,39-40,45,58-59H,1-4,11-14,19-22,31-32H2,(H,49,54)(H,50,55)(H,52,56)(H,53,57). The third kappa shape index (κ3) is 14.9. The molecule has 6 N–H and O–H groups in total. The van der Waals surface area contributed by atoms with Gasteiger partial charge in [0.15, 0.2) is 12.1 Å². The highest BCUT2D eigenvalue weighted by molar-refractivity contribution is 7.99. The molecule has 1 fully saturated rings. The number of amides is 4. The molecular formula is C48H55N5O9S. The van der Waals surface area contributed by atoms with Crippen molar-refractivity contribution in [3.63, 3.8) is 0 Å². The molecule has 0 saturated carbocycles. The summed E-state index contributed by atoms with van der Waals surface area (Å²) in [4.78, 5) is 52.7. The zero-order valence-electron chi connectivity index (χ0n) is 35.1. The highest BCUT2D eigenvalue weighted by Crippen LogP contribution is 2.41. The van der Waals surface area contributed by atoms with Crippen molar-refractivity contribution in [2.45, 2.75) is 107 Å². The largest absolute Gasteiger partial charge is 0.431 e. The number of rotatable bonds is 23. The minimum absolute atomic E-state index is 0.0886. The van der Waals surface area contributed by atoms with E-state index in [1.54, 1.807) is 11.0 Å². The summed E-state index contributed by atoms with van der Waals surface area (Å²) < 4.78 is 19.6. The van der Waals surface area contributed by atoms with Crippen molar-refractivity contribution < 1.29 is 43.5 Å². The van der Waals surface area contributed by atoms with E-state index in [4.69, 9.17) is 29.3 Å². The van der Waals surface area contributed by atoms with E-state index in [-0.39, 0.29) is 36.9 Å². The molecule has 4 amide bonds. The first-order valence-corrected chi connectivity index (χ1v) is 22.5. The van der Waals surface area contributed by atoms with E-state index in [9.17, 15) is 19.2 Å². The summed E-state index contributed by atoms with van der Waals surface area (Å²) in [6.07, 6.45) is 6.33. The zero-order valence-corrected chi connectivity index (χ0v) is 35.9. The molecule has 1 aliphatic heterocycles. The van der Waals surface area contributed by atoms with E-state index in [1.165, 1.54) is 11.8 Å². The van der Waals surface area contributed by atoms with Crippen LogP contribution in [0.3, 0.4) is 0 Å². The molecule has 6 rings (SSSR count). The Morgan fingerprint density at radius 2 is 0.984 bits per heavy atom. The molecule has 5 aromatic rings. The van der Waals surface area contributed by atoms with Crippen LogP contribution in [0, 0.1) is 0 Å². The first kappa shape index (κ1) is 46.7. The highest BCUT2D eigenvalue weighted by Gasteiger charge is 2.33. The molecule has 14 nitrogen and oxygen atoms in total. The number of hydroxylamine groups is 2. The van der Waals surface area contributed by atoms with E-state index in [0.717, 1.165) is 53.6 Å². The summed E-state index contributed by atoms with van der Waals surface area (Å²) in [7, 11) is 0. The Labute approximate surface area is 371 Å². The molecule has 1 saturated heterocycles. The van der Waals surface area contributed by atoms with Crippen LogP contribution in [0.2, 0.25) is 0 Å². The molecule has 0 spiro atoms. The van der Waals surface area contributed by atoms with Gasteiger partial charge in [-0.3, -0.25) is 29.6 Å². The number of benzene rings is 4. The van der Waals surface area contributed by atoms with Crippen LogP contribution < -0.4 is 21.6 Å². The van der Waals surface area contributed by atoms with E-state index >= 15 is 0 Å². The summed E-state index contributed by atoms with van der Waals surface area (Å²) in [6.45, 7) is 0. The maximum absolute atomic E-state index is 12.7. The van der Waals surface area contributed by atoms with Gasteiger partial charge in [0.05, 0.1) is 18.0 Å². The van der Waals surface area contributed by atoms with Crippen LogP contribution in [0.4, 0.5) is 11.4 Å². The van der Waals surface area contributed by atoms with Crippen molar-refractivity contribution >= 4 is 46.8 Å². The van der Waals surface area contributed by atoms with Gasteiger partial charge in [0.2, 0.25) is 23.6 Å². The summed E-state index contributed by atoms with van der Waals surface area (Å²) in [5.41, 5.74) is 9.09. The topological polar surface area (TPSA) is 201 Å². The third-order valence-electron chi connectivity index (χ3n) is 10.6. The first-order valence-electron chi connectivity index (χ1n) is 21.5. The van der Waals surface area contributed by atoms with Crippen LogP contribution in [0.25, 0.3) is 22.6 Å². The SMILES string of the molecule is O=C(CCCCCCC(=O)Nc1ccc(C2CC(c3ccc(NC(=O)CCCCCCC(=O)NO)cc3)OC(CSc3nc(-c4ccccc4)c(-c4ccccc4)o3)O2)cc1)NO. The Morgan fingerprint density at radius 1 is 0.556 bits per heavy atom. The van der Waals surface area contributed by atoms with Gasteiger partial charge in [-0.25, -0.2) is 15.9 Å². The average molecular weight is 878 g/mol. The van der Waals surface area contributed by atoms with Gasteiger partial charge in [0.25, 0.3) is 5.22 Å². The number of hydrogen-bond donors (Lipinski definition) is 6. The highest BCUT2D eigenvalue weighted by atomic mass is 32.2. The van der Waals surface area contributed by atoms with Gasteiger partial charge in [0.1, 0.15) is 5.69 Å². The molecule has 2 atom stereocenters. The van der Waals surface area contributed by atoms with Crippen LogP contribution in [-0.4, -0.2) is 51.1 Å². The molecule has 1 aliphatic rings. The lowest BCUT2D eigenvalue weighted by Crippen LogP contribution is -2.31. The molecule has 1 aromatic heterocycles. The van der Waals surface area contributed by atoms with Crippen LogP contribution in [0.15, 0.2) is 119 Å². The molecule has 0 aliphatic carbocycles. The van der Waals surface area contributed by atoms with Gasteiger partial charge in [-0.1, -0.05) is 122 Å². The normalized spacial score (nSPS) is 15.9. The summed E-state index contributed by atoms with van der Waals surface area (Å²) in [5.74, 6) is 0.0805. The Bertz CT molecular complexity index is 2050. The molecule has 2 unspecified atom stereocenters. The van der Waals surface area contributed by atoms with Crippen LogP contribution in [0.5, 0.6) is 0 Å². The van der Waals surface area contributed by atoms with Gasteiger partial charge in [-0.15, -0.1) is 0 Å². The monoisotopic (exact) mass is 877 g/mol. The number of nitrogens with zero attached hydrogens (tertiary/aromatic N) is 1. The van der Waals surface area contributed by atoms with Crippen molar-refractivity contribution in [3.8, 4) is 22.6 Å². The second-order valence-electron chi connectivity index (χ2n) is 15.4. The zero-order chi connectivity index (χ0) is 44.2. The van der Waals surface area contributed by atoms with E-state index < -0.39 is 18.1 Å². The van der Waals surface area contributed by atoms with E-state index in [1.807, 2.05) is 109 Å². The third-order valence-corrected chi connectivity index (χ3v) is 11.5. The fraction of sp³-hybridized carbons (Fsp3) is 0.354. The predicted molar refractivity (Wildman–Crippen MR) is 240 cm³/mol. The number of aromatic nitrogens is 1. The second-order valence-corrected chi connectivity index (χ2v) is 16.3. The van der Waals surface area contributed by atoms with Crippen LogP contribution in [-0.2, 0) is 28.7 Å². The Morgan fingerprint density at radius 3 is 1.43 bits per heavy atom. The quantitative estimate of drug-likeness (QED) is 0.0158. The number of carbonyl (C=O) groups is 4. The van der Waals surface area contributed by atoms with Crippen LogP contribution >= 0.6 is 11.8 Å². The Kier molecular flexibility index (Phi) is 18.3. The lowest BCUT2D eigenvalue weighted by Gasteiger charge is -2.36. The van der Waals surface area contributed by atoms with E-state index in [2.05, 4.69) is 10.6 Å². The minimum Gasteiger partial charge on any atom is -0.431 e. The number of anilines is 2. The predicted octanol–water partition coefficient (Wildman–Crippen LogP) is 9.92. The molecule has 4 aromatic carbocycles. The molecule has 0 radical (unpaired) electrons. The van der Waals surface area contributed by atoms with E-state index in [0.29, 0.717) is 73.1 Å². The van der Waals surface area contributed by atoms with Gasteiger partial charge in [-0.05, 0) is 61.1 Å². The maximum Gasteiger partial charge on any atom is 0.256 e. The molecule has 0 bridgehead atoms. The number of hydrogen-bond acceptors (Lipinski definition) is 11. The number of ether oxygens (including phenoxy) is 2. The van der Waals surface area contributed by atoms with Gasteiger partial charge in [-0.2, -0.15) is 0 Å². The molecule has 332 valence electrons. The minimum atomic E-state index is -0.638. The summed E-state index contributed by atoms with van der Waals surface area (Å²) in [5, 5.41) is 23.7. The first-order chi connectivity index (χ1) is 30.8. The van der Waals surface area contributed by atoms with Crippen molar-refractivity contribution in [2.75, 3.05) is 16.4 Å². The van der Waals surface area contributed by atoms with Crippen molar-refractivity contribution in [1.82, 2.24) is 15.9 Å². The number of unbranched alkanes of at least 4 members (excludes halogenated alkanes) is 6. The van der Waals surface area contributed by atoms with Gasteiger partial charge >= 0.3 is 0 Å². The van der Waals surface area contributed by atoms with Gasteiger partial charge < -0.3 is 24.5 Å². The average Bonchev–Trinajstić information content (AvgIpc) is 3.76. The smallest absolute Gasteiger partial charge is 0.256 e. The number of nitrogens with one attached hydrogen (secondary N) is 4. The van der Waals surface area contributed by atoms with Crippen molar-refractivity contribution in [2.24, 2.45) is 0 Å². The lowest BCUT2D eigenvalue weighted by molar-refractivity contribution is -0.236. The Balaban J connectivity index is 1.10. The molecule has 63 heavy (non-hydrogen) atoms. The number of thioether (sulfide) groups is 1. The van der Waals surface area contributed by atoms with Gasteiger partial charge in [0, 0.05) is 54.6 Å². The summed E-state index contributed by atoms with van der Waals surface area (Å²) in [6, 6.07) is 35.1. The fourth-order valence-electron chi connectivity index (χ4n) is 7.26. The maximum atomic E-state index is 12.7. The van der Waals surface area contributed by atoms with Crippen molar-refractivity contribution in [3.05, 3.63) is 120 Å². The lowest BCUT2D eigenvalue weighted by atomic mass is 9.97. The van der Waals surface area contributed by atoms with Crippen LogP contribution in [0.1, 0.15) is 107 Å². The molecular weight excluding hydrogens is 823 g/mol.